The van der Waals surface area contributed by atoms with Gasteiger partial charge in [0, 0.05) is 32.7 Å². The second kappa shape index (κ2) is 5.99. The monoisotopic (exact) mass is 225 g/mol. The number of hydrogen-bond donors (Lipinski definition) is 1. The third-order valence-corrected chi connectivity index (χ3v) is 4.00. The molecule has 2 unspecified atom stereocenters. The summed E-state index contributed by atoms with van der Waals surface area (Å²) in [7, 11) is 0. The van der Waals surface area contributed by atoms with Crippen LogP contribution >= 0.6 is 0 Å². The average Bonchev–Trinajstić information content (AvgIpc) is 2.62. The molecule has 2 rings (SSSR count). The zero-order chi connectivity index (χ0) is 11.4. The van der Waals surface area contributed by atoms with Crippen LogP contribution < -0.4 is 5.32 Å². The van der Waals surface area contributed by atoms with Gasteiger partial charge in [-0.05, 0) is 37.9 Å². The van der Waals surface area contributed by atoms with E-state index in [4.69, 9.17) is 0 Å². The molecule has 2 aliphatic heterocycles. The second-order valence-electron chi connectivity index (χ2n) is 5.62. The van der Waals surface area contributed by atoms with Crippen molar-refractivity contribution in [3.05, 3.63) is 0 Å². The van der Waals surface area contributed by atoms with E-state index in [1.807, 2.05) is 0 Å². The molecule has 0 saturated carbocycles. The Hall–Kier alpha value is -0.120. The quantitative estimate of drug-likeness (QED) is 0.769. The van der Waals surface area contributed by atoms with Crippen LogP contribution in [0.4, 0.5) is 0 Å². The molecule has 2 saturated heterocycles. The van der Waals surface area contributed by atoms with Crippen molar-refractivity contribution in [3.63, 3.8) is 0 Å². The smallest absolute Gasteiger partial charge is 0.0107 e. The molecule has 2 aliphatic rings. The summed E-state index contributed by atoms with van der Waals surface area (Å²) in [6.45, 7) is 14.7. The number of nitrogens with zero attached hydrogens (tertiary/aromatic N) is 2. The third kappa shape index (κ3) is 3.44. The Morgan fingerprint density at radius 1 is 1.19 bits per heavy atom. The van der Waals surface area contributed by atoms with E-state index in [-0.39, 0.29) is 0 Å². The van der Waals surface area contributed by atoms with E-state index in [1.165, 1.54) is 58.8 Å². The van der Waals surface area contributed by atoms with E-state index in [9.17, 15) is 0 Å². The molecule has 0 aromatic carbocycles. The average molecular weight is 225 g/mol. The van der Waals surface area contributed by atoms with Crippen LogP contribution in [0.2, 0.25) is 0 Å². The molecule has 2 atom stereocenters. The summed E-state index contributed by atoms with van der Waals surface area (Å²) in [6.07, 6.45) is 1.41. The fourth-order valence-electron chi connectivity index (χ4n) is 3.06. The first-order valence-corrected chi connectivity index (χ1v) is 6.93. The topological polar surface area (TPSA) is 18.5 Å². The van der Waals surface area contributed by atoms with Crippen molar-refractivity contribution in [2.45, 2.75) is 20.3 Å². The van der Waals surface area contributed by atoms with Crippen molar-refractivity contribution in [2.24, 2.45) is 11.8 Å². The van der Waals surface area contributed by atoms with Crippen LogP contribution in [0.1, 0.15) is 20.3 Å². The number of likely N-dealkylation sites (tertiary alicyclic amines) is 1. The Morgan fingerprint density at radius 3 is 2.81 bits per heavy atom. The van der Waals surface area contributed by atoms with Crippen molar-refractivity contribution < 1.29 is 0 Å². The molecule has 0 spiro atoms. The lowest BCUT2D eigenvalue weighted by molar-refractivity contribution is 0.221. The highest BCUT2D eigenvalue weighted by molar-refractivity contribution is 4.79. The molecule has 0 radical (unpaired) electrons. The van der Waals surface area contributed by atoms with E-state index >= 15 is 0 Å². The van der Waals surface area contributed by atoms with Gasteiger partial charge in [0.05, 0.1) is 0 Å². The standard InChI is InChI=1S/C13H27N3/c1-3-15-6-4-13(10-15)11-16-7-5-14-8-12(2)9-16/h12-14H,3-11H2,1-2H3. The summed E-state index contributed by atoms with van der Waals surface area (Å²) < 4.78 is 0. The van der Waals surface area contributed by atoms with E-state index < -0.39 is 0 Å². The molecule has 2 fully saturated rings. The minimum absolute atomic E-state index is 0.811. The molecule has 3 heteroatoms. The molecule has 0 aliphatic carbocycles. The molecule has 0 aromatic heterocycles. The van der Waals surface area contributed by atoms with E-state index in [1.54, 1.807) is 0 Å². The van der Waals surface area contributed by atoms with Crippen LogP contribution in [0.3, 0.4) is 0 Å². The Morgan fingerprint density at radius 2 is 2.06 bits per heavy atom. The van der Waals surface area contributed by atoms with Crippen LogP contribution in [0.15, 0.2) is 0 Å². The van der Waals surface area contributed by atoms with Gasteiger partial charge in [-0.15, -0.1) is 0 Å². The first-order valence-electron chi connectivity index (χ1n) is 6.93. The maximum atomic E-state index is 3.52. The first-order chi connectivity index (χ1) is 7.78. The minimum Gasteiger partial charge on any atom is -0.315 e. The van der Waals surface area contributed by atoms with Gasteiger partial charge in [0.2, 0.25) is 0 Å². The molecular formula is C13H27N3. The first kappa shape index (κ1) is 12.3. The summed E-state index contributed by atoms with van der Waals surface area (Å²) in [5.41, 5.74) is 0. The van der Waals surface area contributed by atoms with E-state index in [2.05, 4.69) is 29.0 Å². The molecular weight excluding hydrogens is 198 g/mol. The van der Waals surface area contributed by atoms with Crippen molar-refractivity contribution >= 4 is 0 Å². The van der Waals surface area contributed by atoms with Crippen LogP contribution in [-0.4, -0.2) is 62.2 Å². The van der Waals surface area contributed by atoms with Gasteiger partial charge in [-0.25, -0.2) is 0 Å². The van der Waals surface area contributed by atoms with Gasteiger partial charge >= 0.3 is 0 Å². The number of nitrogens with one attached hydrogen (secondary N) is 1. The van der Waals surface area contributed by atoms with Crippen LogP contribution in [0.25, 0.3) is 0 Å². The second-order valence-corrected chi connectivity index (χ2v) is 5.62. The molecule has 94 valence electrons. The SMILES string of the molecule is CCN1CCC(CN2CCNCC(C)C2)C1. The van der Waals surface area contributed by atoms with E-state index in [0.717, 1.165) is 11.8 Å². The summed E-state index contributed by atoms with van der Waals surface area (Å²) in [6, 6.07) is 0. The molecule has 0 aromatic rings. The van der Waals surface area contributed by atoms with Gasteiger partial charge in [-0.3, -0.25) is 0 Å². The van der Waals surface area contributed by atoms with Crippen molar-refractivity contribution in [3.8, 4) is 0 Å². The molecule has 1 N–H and O–H groups in total. The lowest BCUT2D eigenvalue weighted by Gasteiger charge is -2.25. The van der Waals surface area contributed by atoms with Crippen molar-refractivity contribution in [2.75, 3.05) is 52.4 Å². The Kier molecular flexibility index (Phi) is 4.62. The molecule has 0 amide bonds. The predicted molar refractivity (Wildman–Crippen MR) is 68.7 cm³/mol. The van der Waals surface area contributed by atoms with Crippen molar-refractivity contribution in [1.29, 1.82) is 0 Å². The van der Waals surface area contributed by atoms with Crippen molar-refractivity contribution in [1.82, 2.24) is 15.1 Å². The third-order valence-electron chi connectivity index (χ3n) is 4.00. The van der Waals surface area contributed by atoms with Gasteiger partial charge in [0.25, 0.3) is 0 Å². The van der Waals surface area contributed by atoms with Gasteiger partial charge in [0.1, 0.15) is 0 Å². The maximum absolute atomic E-state index is 3.52. The Labute approximate surface area is 100 Å². The fraction of sp³-hybridized carbons (Fsp3) is 1.00. The van der Waals surface area contributed by atoms with Gasteiger partial charge in [0.15, 0.2) is 0 Å². The Balaban J connectivity index is 1.75. The zero-order valence-electron chi connectivity index (χ0n) is 10.9. The predicted octanol–water partition coefficient (Wildman–Crippen LogP) is 0.870. The summed E-state index contributed by atoms with van der Waals surface area (Å²) in [4.78, 5) is 5.26. The van der Waals surface area contributed by atoms with Gasteiger partial charge in [-0.2, -0.15) is 0 Å². The normalized spacial score (nSPS) is 34.1. The largest absolute Gasteiger partial charge is 0.315 e. The number of hydrogen-bond acceptors (Lipinski definition) is 3. The van der Waals surface area contributed by atoms with Crippen LogP contribution in [0.5, 0.6) is 0 Å². The van der Waals surface area contributed by atoms with Gasteiger partial charge in [-0.1, -0.05) is 13.8 Å². The molecule has 2 heterocycles. The van der Waals surface area contributed by atoms with Gasteiger partial charge < -0.3 is 15.1 Å². The number of rotatable bonds is 3. The highest BCUT2D eigenvalue weighted by Gasteiger charge is 2.24. The summed E-state index contributed by atoms with van der Waals surface area (Å²) in [5, 5.41) is 3.52. The van der Waals surface area contributed by atoms with Crippen LogP contribution in [0, 0.1) is 11.8 Å². The minimum atomic E-state index is 0.811. The zero-order valence-corrected chi connectivity index (χ0v) is 10.9. The molecule has 0 bridgehead atoms. The maximum Gasteiger partial charge on any atom is 0.0107 e. The lowest BCUT2D eigenvalue weighted by atomic mass is 10.1. The summed E-state index contributed by atoms with van der Waals surface area (Å²) >= 11 is 0. The molecule has 3 nitrogen and oxygen atoms in total. The highest BCUT2D eigenvalue weighted by atomic mass is 15.2. The highest BCUT2D eigenvalue weighted by Crippen LogP contribution is 2.17. The van der Waals surface area contributed by atoms with E-state index in [0.29, 0.717) is 0 Å². The fourth-order valence-corrected chi connectivity index (χ4v) is 3.06. The Bertz CT molecular complexity index is 207. The summed E-state index contributed by atoms with van der Waals surface area (Å²) in [5.74, 6) is 1.73. The van der Waals surface area contributed by atoms with Crippen LogP contribution in [-0.2, 0) is 0 Å². The molecule has 16 heavy (non-hydrogen) atoms. The lowest BCUT2D eigenvalue weighted by Crippen LogP contribution is -2.35.